The predicted octanol–water partition coefficient (Wildman–Crippen LogP) is 3.96. The van der Waals surface area contributed by atoms with E-state index in [2.05, 4.69) is 16.7 Å². The van der Waals surface area contributed by atoms with E-state index >= 15 is 0 Å². The van der Waals surface area contributed by atoms with Crippen molar-refractivity contribution in [3.63, 3.8) is 0 Å². The number of amides is 1. The van der Waals surface area contributed by atoms with Crippen molar-refractivity contribution < 1.29 is 13.6 Å². The number of carbonyl (C=O) groups excluding carboxylic acids is 1. The van der Waals surface area contributed by atoms with Crippen molar-refractivity contribution in [3.8, 4) is 6.07 Å². The Kier molecular flexibility index (Phi) is 6.58. The first-order chi connectivity index (χ1) is 16.3. The molecule has 1 aliphatic carbocycles. The van der Waals surface area contributed by atoms with Gasteiger partial charge in [0.05, 0.1) is 12.2 Å². The SMILES string of the molecule is C/C=C(\C=C(/N)F)c1cc(F)cc(CNC2C=C(N3CCC(C#N)(C4CC4)C3=O)C=C(C)N2)c1. The quantitative estimate of drug-likeness (QED) is 0.419. The van der Waals surface area contributed by atoms with Crippen LogP contribution < -0.4 is 16.4 Å². The lowest BCUT2D eigenvalue weighted by Crippen LogP contribution is -2.43. The first kappa shape index (κ1) is 23.7. The lowest BCUT2D eigenvalue weighted by molar-refractivity contribution is -0.132. The van der Waals surface area contributed by atoms with Gasteiger partial charge in [0, 0.05) is 24.5 Å². The normalized spacial score (nSPS) is 25.6. The number of rotatable bonds is 7. The second kappa shape index (κ2) is 9.43. The minimum Gasteiger partial charge on any atom is -0.376 e. The number of hydrogen-bond acceptors (Lipinski definition) is 5. The van der Waals surface area contributed by atoms with Crippen molar-refractivity contribution >= 4 is 11.5 Å². The van der Waals surface area contributed by atoms with Gasteiger partial charge in [-0.25, -0.2) is 4.39 Å². The molecule has 2 aliphatic heterocycles. The fourth-order valence-corrected chi connectivity index (χ4v) is 4.81. The van der Waals surface area contributed by atoms with Gasteiger partial charge in [0.15, 0.2) is 5.95 Å². The molecule has 1 amide bonds. The van der Waals surface area contributed by atoms with Gasteiger partial charge in [0.25, 0.3) is 0 Å². The summed E-state index contributed by atoms with van der Waals surface area (Å²) < 4.78 is 27.5. The number of dihydropyridines is 1. The van der Waals surface area contributed by atoms with E-state index in [0.717, 1.165) is 30.3 Å². The number of nitriles is 1. The zero-order valence-electron chi connectivity index (χ0n) is 19.4. The Hall–Kier alpha value is -3.44. The summed E-state index contributed by atoms with van der Waals surface area (Å²) in [5.74, 6) is -1.22. The molecule has 1 saturated carbocycles. The van der Waals surface area contributed by atoms with Crippen LogP contribution in [0.3, 0.4) is 0 Å². The van der Waals surface area contributed by atoms with Gasteiger partial charge in [-0.3, -0.25) is 10.1 Å². The number of nitrogens with zero attached hydrogens (tertiary/aromatic N) is 2. The fraction of sp³-hybridized carbons (Fsp3) is 0.385. The van der Waals surface area contributed by atoms with E-state index in [4.69, 9.17) is 5.73 Å². The highest BCUT2D eigenvalue weighted by molar-refractivity contribution is 5.90. The summed E-state index contributed by atoms with van der Waals surface area (Å²) in [4.78, 5) is 14.9. The van der Waals surface area contributed by atoms with Crippen LogP contribution in [0.1, 0.15) is 44.2 Å². The van der Waals surface area contributed by atoms with Gasteiger partial charge in [-0.2, -0.15) is 9.65 Å². The van der Waals surface area contributed by atoms with Gasteiger partial charge in [0.1, 0.15) is 11.2 Å². The predicted molar refractivity (Wildman–Crippen MR) is 126 cm³/mol. The lowest BCUT2D eigenvalue weighted by Gasteiger charge is -2.28. The molecular formula is C26H29F2N5O. The maximum absolute atomic E-state index is 14.3. The van der Waals surface area contributed by atoms with Gasteiger partial charge >= 0.3 is 0 Å². The molecule has 2 fully saturated rings. The molecule has 6 nitrogen and oxygen atoms in total. The summed E-state index contributed by atoms with van der Waals surface area (Å²) in [6, 6.07) is 6.85. The molecule has 0 radical (unpaired) electrons. The average molecular weight is 466 g/mol. The Labute approximate surface area is 198 Å². The summed E-state index contributed by atoms with van der Waals surface area (Å²) in [6.07, 6.45) is 8.78. The maximum atomic E-state index is 14.3. The van der Waals surface area contributed by atoms with Gasteiger partial charge in [0.2, 0.25) is 5.91 Å². The standard InChI is InChI=1S/C26H29F2N5O/c1-3-18(12-23(28)30)19-9-17(10-21(27)11-19)14-31-24-13-22(8-16(2)32-24)33-7-6-26(15-29,25(33)34)20-4-5-20/h3,8-13,20,24,31-32H,4-7,14,30H2,1-2H3/b18-3+,23-12-. The Morgan fingerprint density at radius 1 is 1.41 bits per heavy atom. The minimum absolute atomic E-state index is 0.109. The molecule has 1 saturated heterocycles. The molecule has 2 heterocycles. The van der Waals surface area contributed by atoms with Crippen molar-refractivity contribution in [2.45, 2.75) is 45.8 Å². The number of halogens is 2. The summed E-state index contributed by atoms with van der Waals surface area (Å²) in [7, 11) is 0. The molecule has 3 aliphatic rings. The molecule has 4 rings (SSSR count). The van der Waals surface area contributed by atoms with Crippen molar-refractivity contribution in [1.29, 1.82) is 5.26 Å². The number of likely N-dealkylation sites (tertiary alicyclic amines) is 1. The molecule has 178 valence electrons. The first-order valence-corrected chi connectivity index (χ1v) is 11.5. The van der Waals surface area contributed by atoms with Crippen LogP contribution in [-0.2, 0) is 11.3 Å². The van der Waals surface area contributed by atoms with E-state index in [1.807, 2.05) is 19.1 Å². The molecule has 1 aromatic carbocycles. The van der Waals surface area contributed by atoms with Crippen LogP contribution in [0.15, 0.2) is 59.8 Å². The summed E-state index contributed by atoms with van der Waals surface area (Å²) in [5, 5.41) is 16.4. The highest BCUT2D eigenvalue weighted by atomic mass is 19.1. The smallest absolute Gasteiger partial charge is 0.247 e. The topological polar surface area (TPSA) is 94.2 Å². The summed E-state index contributed by atoms with van der Waals surface area (Å²) in [5.41, 5.74) is 7.59. The second-order valence-electron chi connectivity index (χ2n) is 9.11. The van der Waals surface area contributed by atoms with Crippen LogP contribution in [0.4, 0.5) is 8.78 Å². The van der Waals surface area contributed by atoms with E-state index in [1.54, 1.807) is 24.0 Å². The number of allylic oxidation sites excluding steroid dienone is 5. The monoisotopic (exact) mass is 465 g/mol. The number of nitrogens with one attached hydrogen (secondary N) is 2. The number of hydrogen-bond donors (Lipinski definition) is 3. The third-order valence-corrected chi connectivity index (χ3v) is 6.65. The van der Waals surface area contributed by atoms with Crippen LogP contribution in [-0.4, -0.2) is 23.5 Å². The zero-order chi connectivity index (χ0) is 24.5. The van der Waals surface area contributed by atoms with Crippen LogP contribution in [0.2, 0.25) is 0 Å². The van der Waals surface area contributed by atoms with Crippen LogP contribution in [0, 0.1) is 28.5 Å². The minimum atomic E-state index is -0.893. The second-order valence-corrected chi connectivity index (χ2v) is 9.11. The van der Waals surface area contributed by atoms with Crippen LogP contribution in [0.25, 0.3) is 5.57 Å². The number of carbonyl (C=O) groups is 1. The molecular weight excluding hydrogens is 436 g/mol. The van der Waals surface area contributed by atoms with Gasteiger partial charge in [-0.05, 0) is 92.2 Å². The van der Waals surface area contributed by atoms with Crippen molar-refractivity contribution in [2.24, 2.45) is 17.1 Å². The lowest BCUT2D eigenvalue weighted by atomic mass is 9.83. The van der Waals surface area contributed by atoms with Gasteiger partial charge in [-0.1, -0.05) is 6.08 Å². The van der Waals surface area contributed by atoms with E-state index in [9.17, 15) is 18.8 Å². The van der Waals surface area contributed by atoms with Crippen molar-refractivity contribution in [3.05, 3.63) is 76.8 Å². The Morgan fingerprint density at radius 2 is 2.18 bits per heavy atom. The molecule has 8 heteroatoms. The van der Waals surface area contributed by atoms with E-state index in [-0.39, 0.29) is 18.0 Å². The highest BCUT2D eigenvalue weighted by Gasteiger charge is 2.57. The average Bonchev–Trinajstić information content (AvgIpc) is 3.59. The van der Waals surface area contributed by atoms with Crippen molar-refractivity contribution in [1.82, 2.24) is 15.5 Å². The van der Waals surface area contributed by atoms with E-state index in [0.29, 0.717) is 36.2 Å². The van der Waals surface area contributed by atoms with Gasteiger partial charge < -0.3 is 16.0 Å². The molecule has 0 spiro atoms. The molecule has 2 atom stereocenters. The van der Waals surface area contributed by atoms with E-state index in [1.165, 1.54) is 12.1 Å². The molecule has 0 bridgehead atoms. The highest BCUT2D eigenvalue weighted by Crippen LogP contribution is 2.52. The number of nitrogens with two attached hydrogens (primary N) is 1. The Morgan fingerprint density at radius 3 is 2.82 bits per heavy atom. The molecule has 1 aromatic rings. The van der Waals surface area contributed by atoms with Crippen molar-refractivity contribution in [2.75, 3.05) is 6.54 Å². The van der Waals surface area contributed by atoms with Crippen LogP contribution in [0.5, 0.6) is 0 Å². The zero-order valence-corrected chi connectivity index (χ0v) is 19.4. The summed E-state index contributed by atoms with van der Waals surface area (Å²) in [6.45, 7) is 4.50. The molecule has 0 aromatic heterocycles. The van der Waals surface area contributed by atoms with Crippen LogP contribution >= 0.6 is 0 Å². The summed E-state index contributed by atoms with van der Waals surface area (Å²) >= 11 is 0. The Bertz CT molecular complexity index is 1150. The van der Waals surface area contributed by atoms with Gasteiger partial charge in [-0.15, -0.1) is 0 Å². The third kappa shape index (κ3) is 4.75. The first-order valence-electron chi connectivity index (χ1n) is 11.5. The Balaban J connectivity index is 1.49. The molecule has 2 unspecified atom stereocenters. The number of benzene rings is 1. The third-order valence-electron chi connectivity index (χ3n) is 6.65. The molecule has 34 heavy (non-hydrogen) atoms. The largest absolute Gasteiger partial charge is 0.376 e. The maximum Gasteiger partial charge on any atom is 0.247 e. The fourth-order valence-electron chi connectivity index (χ4n) is 4.81. The molecule has 4 N–H and O–H groups in total. The van der Waals surface area contributed by atoms with E-state index < -0.39 is 17.2 Å².